The molecule has 2 atom stereocenters. The highest BCUT2D eigenvalue weighted by molar-refractivity contribution is 6.74. The zero-order chi connectivity index (χ0) is 18.9. The Morgan fingerprint density at radius 3 is 2.36 bits per heavy atom. The minimum atomic E-state index is -1.73. The van der Waals surface area contributed by atoms with Crippen molar-refractivity contribution in [1.29, 1.82) is 0 Å². The predicted molar refractivity (Wildman–Crippen MR) is 108 cm³/mol. The summed E-state index contributed by atoms with van der Waals surface area (Å²) in [5, 5.41) is 0.236. The fourth-order valence-corrected chi connectivity index (χ4v) is 4.12. The van der Waals surface area contributed by atoms with Gasteiger partial charge in [0.25, 0.3) is 0 Å². The molecule has 0 radical (unpaired) electrons. The Balaban J connectivity index is 1.95. The van der Waals surface area contributed by atoms with Gasteiger partial charge < -0.3 is 14.9 Å². The van der Waals surface area contributed by atoms with Crippen LogP contribution in [0.5, 0.6) is 5.75 Å². The van der Waals surface area contributed by atoms with Crippen LogP contribution in [-0.4, -0.2) is 45.6 Å². The molecule has 2 N–H and O–H groups in total. The number of likely N-dealkylation sites (tertiary alicyclic amines) is 1. The van der Waals surface area contributed by atoms with Gasteiger partial charge in [-0.05, 0) is 42.8 Å². The molecule has 0 spiro atoms. The summed E-state index contributed by atoms with van der Waals surface area (Å²) in [5.74, 6) is 1.27. The van der Waals surface area contributed by atoms with Crippen LogP contribution in [0.25, 0.3) is 0 Å². The first-order chi connectivity index (χ1) is 11.4. The Labute approximate surface area is 154 Å². The molecule has 1 aromatic carbocycles. The third kappa shape index (κ3) is 5.06. The second kappa shape index (κ2) is 7.39. The zero-order valence-electron chi connectivity index (χ0n) is 17.1. The third-order valence-electron chi connectivity index (χ3n) is 5.99. The minimum absolute atomic E-state index is 0.200. The number of methoxy groups -OCH3 is 1. The van der Waals surface area contributed by atoms with Crippen molar-refractivity contribution in [2.75, 3.05) is 26.8 Å². The summed E-state index contributed by atoms with van der Waals surface area (Å²) in [6.45, 7) is 17.2. The molecule has 0 aliphatic carbocycles. The van der Waals surface area contributed by atoms with E-state index >= 15 is 0 Å². The molecule has 1 fully saturated rings. The lowest BCUT2D eigenvalue weighted by Gasteiger charge is -2.38. The highest BCUT2D eigenvalue weighted by Crippen LogP contribution is 2.38. The number of hydrogen-bond donors (Lipinski definition) is 1. The number of ether oxygens (including phenoxy) is 1. The zero-order valence-corrected chi connectivity index (χ0v) is 18.1. The number of nitrogens with two attached hydrogens (primary N) is 1. The van der Waals surface area contributed by atoms with Gasteiger partial charge in [-0.25, -0.2) is 0 Å². The SMILES string of the molecule is COc1ccc(CN2CC(CO[Si](C)(C)C(C)(C)C)C(C)(N)C2)cc1. The molecule has 0 saturated carbocycles. The molecule has 5 heteroatoms. The summed E-state index contributed by atoms with van der Waals surface area (Å²) in [7, 11) is -0.0329. The average molecular weight is 365 g/mol. The van der Waals surface area contributed by atoms with E-state index in [2.05, 4.69) is 57.8 Å². The fourth-order valence-electron chi connectivity index (χ4n) is 3.07. The van der Waals surface area contributed by atoms with Gasteiger partial charge in [0.1, 0.15) is 5.75 Å². The van der Waals surface area contributed by atoms with Gasteiger partial charge in [0.2, 0.25) is 0 Å². The molecule has 4 nitrogen and oxygen atoms in total. The highest BCUT2D eigenvalue weighted by Gasteiger charge is 2.43. The number of hydrogen-bond acceptors (Lipinski definition) is 4. The van der Waals surface area contributed by atoms with Crippen molar-refractivity contribution in [3.63, 3.8) is 0 Å². The van der Waals surface area contributed by atoms with Crippen LogP contribution in [0, 0.1) is 5.92 Å². The van der Waals surface area contributed by atoms with E-state index in [1.165, 1.54) is 5.56 Å². The van der Waals surface area contributed by atoms with E-state index in [1.807, 2.05) is 12.1 Å². The largest absolute Gasteiger partial charge is 0.497 e. The Morgan fingerprint density at radius 2 is 1.84 bits per heavy atom. The van der Waals surface area contributed by atoms with Gasteiger partial charge in [0, 0.05) is 37.7 Å². The number of nitrogens with zero attached hydrogens (tertiary/aromatic N) is 1. The summed E-state index contributed by atoms with van der Waals surface area (Å²) >= 11 is 0. The maximum absolute atomic E-state index is 6.62. The second-order valence-corrected chi connectivity index (χ2v) is 14.1. The number of rotatable bonds is 6. The van der Waals surface area contributed by atoms with Crippen LogP contribution in [0.2, 0.25) is 18.1 Å². The van der Waals surface area contributed by atoms with E-state index in [0.717, 1.165) is 32.0 Å². The summed E-state index contributed by atoms with van der Waals surface area (Å²) in [6, 6.07) is 8.30. The molecule has 2 unspecified atom stereocenters. The third-order valence-corrected chi connectivity index (χ3v) is 10.5. The molecule has 25 heavy (non-hydrogen) atoms. The van der Waals surface area contributed by atoms with Crippen LogP contribution in [0.1, 0.15) is 33.3 Å². The molecular formula is C20H36N2O2Si. The molecule has 1 aromatic rings. The summed E-state index contributed by atoms with van der Waals surface area (Å²) < 4.78 is 11.7. The van der Waals surface area contributed by atoms with Crippen molar-refractivity contribution >= 4 is 8.32 Å². The summed E-state index contributed by atoms with van der Waals surface area (Å²) in [4.78, 5) is 2.45. The van der Waals surface area contributed by atoms with E-state index in [-0.39, 0.29) is 10.6 Å². The van der Waals surface area contributed by atoms with Crippen LogP contribution in [-0.2, 0) is 11.0 Å². The lowest BCUT2D eigenvalue weighted by molar-refractivity contribution is 0.195. The van der Waals surface area contributed by atoms with Crippen LogP contribution in [0.4, 0.5) is 0 Å². The lowest BCUT2D eigenvalue weighted by Crippen LogP contribution is -2.49. The molecule has 142 valence electrons. The van der Waals surface area contributed by atoms with E-state index in [0.29, 0.717) is 5.92 Å². The molecule has 1 heterocycles. The molecule has 2 rings (SSSR count). The van der Waals surface area contributed by atoms with Crippen LogP contribution in [0.3, 0.4) is 0 Å². The van der Waals surface area contributed by atoms with Gasteiger partial charge in [-0.1, -0.05) is 32.9 Å². The normalized spacial score (nSPS) is 25.4. The second-order valence-electron chi connectivity index (χ2n) is 9.29. The van der Waals surface area contributed by atoms with Crippen molar-refractivity contribution < 1.29 is 9.16 Å². The van der Waals surface area contributed by atoms with Crippen molar-refractivity contribution in [2.45, 2.75) is 57.9 Å². The topological polar surface area (TPSA) is 47.7 Å². The molecule has 1 aliphatic heterocycles. The first-order valence-electron chi connectivity index (χ1n) is 9.23. The Bertz CT molecular complexity index is 564. The molecule has 0 aromatic heterocycles. The van der Waals surface area contributed by atoms with Crippen molar-refractivity contribution in [2.24, 2.45) is 11.7 Å². The molecule has 1 saturated heterocycles. The van der Waals surface area contributed by atoms with E-state index in [4.69, 9.17) is 14.9 Å². The highest BCUT2D eigenvalue weighted by atomic mass is 28.4. The first kappa shape index (κ1) is 20.4. The Kier molecular flexibility index (Phi) is 6.04. The van der Waals surface area contributed by atoms with Crippen molar-refractivity contribution in [1.82, 2.24) is 4.90 Å². The van der Waals surface area contributed by atoms with Crippen LogP contribution < -0.4 is 10.5 Å². The minimum Gasteiger partial charge on any atom is -0.497 e. The van der Waals surface area contributed by atoms with Gasteiger partial charge in [0.15, 0.2) is 8.32 Å². The smallest absolute Gasteiger partial charge is 0.191 e. The van der Waals surface area contributed by atoms with Gasteiger partial charge in [-0.3, -0.25) is 4.90 Å². The molecular weight excluding hydrogens is 328 g/mol. The van der Waals surface area contributed by atoms with E-state index < -0.39 is 8.32 Å². The number of benzene rings is 1. The molecule has 0 bridgehead atoms. The average Bonchev–Trinajstić information content (AvgIpc) is 2.78. The summed E-state index contributed by atoms with van der Waals surface area (Å²) in [6.07, 6.45) is 0. The van der Waals surface area contributed by atoms with Gasteiger partial charge in [-0.15, -0.1) is 0 Å². The van der Waals surface area contributed by atoms with E-state index in [1.54, 1.807) is 7.11 Å². The maximum atomic E-state index is 6.62. The maximum Gasteiger partial charge on any atom is 0.191 e. The Morgan fingerprint density at radius 1 is 1.24 bits per heavy atom. The standard InChI is InChI=1S/C20H36N2O2Si/c1-19(2,3)25(6,7)24-14-17-13-22(15-20(17,4)21)12-16-8-10-18(23-5)11-9-16/h8-11,17H,12-15,21H2,1-7H3. The fraction of sp³-hybridized carbons (Fsp3) is 0.700. The van der Waals surface area contributed by atoms with E-state index in [9.17, 15) is 0 Å². The van der Waals surface area contributed by atoms with Gasteiger partial charge in [-0.2, -0.15) is 0 Å². The van der Waals surface area contributed by atoms with Gasteiger partial charge >= 0.3 is 0 Å². The first-order valence-corrected chi connectivity index (χ1v) is 12.1. The van der Waals surface area contributed by atoms with Crippen LogP contribution in [0.15, 0.2) is 24.3 Å². The van der Waals surface area contributed by atoms with Crippen LogP contribution >= 0.6 is 0 Å². The monoisotopic (exact) mass is 364 g/mol. The Hall–Kier alpha value is -0.883. The lowest BCUT2D eigenvalue weighted by atomic mass is 9.91. The van der Waals surface area contributed by atoms with Gasteiger partial charge in [0.05, 0.1) is 7.11 Å². The molecule has 0 amide bonds. The molecule has 1 aliphatic rings. The van der Waals surface area contributed by atoms with Crippen molar-refractivity contribution in [3.05, 3.63) is 29.8 Å². The summed E-state index contributed by atoms with van der Waals surface area (Å²) in [5.41, 5.74) is 7.72. The van der Waals surface area contributed by atoms with Crippen molar-refractivity contribution in [3.8, 4) is 5.75 Å². The predicted octanol–water partition coefficient (Wildman–Crippen LogP) is 3.87. The quantitative estimate of drug-likeness (QED) is 0.779.